The number of hydrogen-bond acceptors (Lipinski definition) is 2. The van der Waals surface area contributed by atoms with E-state index in [-0.39, 0.29) is 0 Å². The van der Waals surface area contributed by atoms with Gasteiger partial charge in [0, 0.05) is 13.1 Å². The van der Waals surface area contributed by atoms with Gasteiger partial charge in [0.15, 0.2) is 0 Å². The predicted octanol–water partition coefficient (Wildman–Crippen LogP) is -0.316. The largest absolute Gasteiger partial charge is 0.616 e. The maximum absolute atomic E-state index is 10.8. The molecule has 1 fully saturated rings. The summed E-state index contributed by atoms with van der Waals surface area (Å²) < 4.78 is 10.8. The van der Waals surface area contributed by atoms with E-state index in [2.05, 4.69) is 10.8 Å². The minimum absolute atomic E-state index is 0.575. The van der Waals surface area contributed by atoms with Gasteiger partial charge in [-0.3, -0.25) is 4.90 Å². The zero-order valence-corrected chi connectivity index (χ0v) is 6.69. The number of rotatable bonds is 1. The van der Waals surface area contributed by atoms with Crippen LogP contribution in [-0.2, 0) is 11.2 Å². The summed E-state index contributed by atoms with van der Waals surface area (Å²) in [5.41, 5.74) is 0. The summed E-state index contributed by atoms with van der Waals surface area (Å²) in [6.07, 6.45) is 5.13. The molecule has 0 aliphatic carbocycles. The Morgan fingerprint density at radius 2 is 2.10 bits per heavy atom. The van der Waals surface area contributed by atoms with Crippen LogP contribution in [0.15, 0.2) is 0 Å². The molecule has 1 aliphatic heterocycles. The Morgan fingerprint density at radius 3 is 2.60 bits per heavy atom. The van der Waals surface area contributed by atoms with Crippen molar-refractivity contribution >= 4 is 11.2 Å². The van der Waals surface area contributed by atoms with Gasteiger partial charge in [0.25, 0.3) is 0 Å². The lowest BCUT2D eigenvalue weighted by molar-refractivity contribution is 0.332. The van der Waals surface area contributed by atoms with E-state index in [0.717, 1.165) is 24.6 Å². The molecular formula is C7H11NOS. The van der Waals surface area contributed by atoms with E-state index in [1.807, 2.05) is 0 Å². The minimum atomic E-state index is -0.575. The van der Waals surface area contributed by atoms with E-state index in [1.165, 1.54) is 0 Å². The van der Waals surface area contributed by atoms with Crippen molar-refractivity contribution < 1.29 is 4.55 Å². The third kappa shape index (κ3) is 2.22. The highest BCUT2D eigenvalue weighted by molar-refractivity contribution is 7.91. The smallest absolute Gasteiger partial charge is 0.118 e. The van der Waals surface area contributed by atoms with Crippen molar-refractivity contribution in [1.29, 1.82) is 0 Å². The van der Waals surface area contributed by atoms with Gasteiger partial charge in [-0.05, 0) is 0 Å². The van der Waals surface area contributed by atoms with Gasteiger partial charge in [-0.15, -0.1) is 6.42 Å². The second-order valence-corrected chi connectivity index (χ2v) is 4.02. The summed E-state index contributed by atoms with van der Waals surface area (Å²) in [6, 6.07) is 0. The fourth-order valence-corrected chi connectivity index (χ4v) is 2.09. The van der Waals surface area contributed by atoms with Crippen LogP contribution >= 0.6 is 0 Å². The summed E-state index contributed by atoms with van der Waals surface area (Å²) in [5, 5.41) is 0. The van der Waals surface area contributed by atoms with Crippen molar-refractivity contribution in [3.8, 4) is 12.3 Å². The molecule has 0 N–H and O–H groups in total. The van der Waals surface area contributed by atoms with Crippen LogP contribution in [0.1, 0.15) is 0 Å². The third-order valence-corrected chi connectivity index (χ3v) is 2.86. The first kappa shape index (κ1) is 7.93. The van der Waals surface area contributed by atoms with Crippen molar-refractivity contribution in [2.45, 2.75) is 0 Å². The van der Waals surface area contributed by atoms with Crippen LogP contribution in [0.5, 0.6) is 0 Å². The van der Waals surface area contributed by atoms with Gasteiger partial charge >= 0.3 is 0 Å². The van der Waals surface area contributed by atoms with E-state index in [0.29, 0.717) is 6.54 Å². The molecule has 1 heterocycles. The molecule has 1 aliphatic rings. The Morgan fingerprint density at radius 1 is 1.50 bits per heavy atom. The van der Waals surface area contributed by atoms with E-state index in [1.54, 1.807) is 0 Å². The molecule has 56 valence electrons. The highest BCUT2D eigenvalue weighted by Gasteiger charge is 2.17. The molecule has 1 saturated heterocycles. The Hall–Kier alpha value is -0.170. The van der Waals surface area contributed by atoms with E-state index < -0.39 is 11.2 Å². The Bertz CT molecular complexity index is 135. The maximum atomic E-state index is 10.8. The molecular weight excluding hydrogens is 146 g/mol. The van der Waals surface area contributed by atoms with Crippen molar-refractivity contribution in [3.63, 3.8) is 0 Å². The topological polar surface area (TPSA) is 26.3 Å². The van der Waals surface area contributed by atoms with Gasteiger partial charge in [-0.25, -0.2) is 0 Å². The third-order valence-electron chi connectivity index (χ3n) is 1.59. The van der Waals surface area contributed by atoms with Crippen LogP contribution in [0, 0.1) is 12.3 Å². The van der Waals surface area contributed by atoms with Crippen LogP contribution in [0.3, 0.4) is 0 Å². The minimum Gasteiger partial charge on any atom is -0.616 e. The van der Waals surface area contributed by atoms with Crippen molar-refractivity contribution in [3.05, 3.63) is 0 Å². The molecule has 10 heavy (non-hydrogen) atoms. The monoisotopic (exact) mass is 157 g/mol. The highest BCUT2D eigenvalue weighted by atomic mass is 32.2. The number of terminal acetylenes is 1. The first-order chi connectivity index (χ1) is 4.83. The molecule has 0 atom stereocenters. The van der Waals surface area contributed by atoms with Crippen LogP contribution in [0.2, 0.25) is 0 Å². The molecule has 0 radical (unpaired) electrons. The summed E-state index contributed by atoms with van der Waals surface area (Å²) in [5.74, 6) is 4.17. The molecule has 0 aromatic rings. The lowest BCUT2D eigenvalue weighted by atomic mass is 10.5. The molecule has 0 amide bonds. The lowest BCUT2D eigenvalue weighted by Crippen LogP contribution is -2.40. The Kier molecular flexibility index (Phi) is 3.07. The standard InChI is InChI=1S/C7H11NOS/c1-2-3-8-4-6-10(9)7-5-8/h1H,3-7H2. The fraction of sp³-hybridized carbons (Fsp3) is 0.714. The van der Waals surface area contributed by atoms with Gasteiger partial charge in [-0.2, -0.15) is 0 Å². The molecule has 0 aromatic carbocycles. The first-order valence-corrected chi connectivity index (χ1v) is 4.82. The molecule has 0 unspecified atom stereocenters. The molecule has 0 spiro atoms. The van der Waals surface area contributed by atoms with E-state index in [9.17, 15) is 4.55 Å². The van der Waals surface area contributed by atoms with Gasteiger partial charge in [0.05, 0.1) is 6.54 Å². The summed E-state index contributed by atoms with van der Waals surface area (Å²) in [6.45, 7) is 2.50. The predicted molar refractivity (Wildman–Crippen MR) is 43.1 cm³/mol. The molecule has 2 nitrogen and oxygen atoms in total. The summed E-state index contributed by atoms with van der Waals surface area (Å²) in [4.78, 5) is 2.15. The van der Waals surface area contributed by atoms with Gasteiger partial charge in [0.2, 0.25) is 0 Å². The van der Waals surface area contributed by atoms with Gasteiger partial charge in [-0.1, -0.05) is 17.1 Å². The quantitative estimate of drug-likeness (QED) is 0.385. The molecule has 3 heteroatoms. The number of hydrogen-bond donors (Lipinski definition) is 0. The normalized spacial score (nSPS) is 22.4. The second-order valence-electron chi connectivity index (χ2n) is 2.33. The van der Waals surface area contributed by atoms with Crippen molar-refractivity contribution in [2.24, 2.45) is 0 Å². The summed E-state index contributed by atoms with van der Waals surface area (Å²) in [7, 11) is 0. The van der Waals surface area contributed by atoms with E-state index in [4.69, 9.17) is 6.42 Å². The highest BCUT2D eigenvalue weighted by Crippen LogP contribution is 2.01. The molecule has 0 saturated carbocycles. The first-order valence-electron chi connectivity index (χ1n) is 3.33. The van der Waals surface area contributed by atoms with E-state index >= 15 is 0 Å². The second kappa shape index (κ2) is 3.87. The zero-order valence-electron chi connectivity index (χ0n) is 5.88. The molecule has 1 rings (SSSR count). The van der Waals surface area contributed by atoms with Gasteiger partial charge < -0.3 is 4.55 Å². The average Bonchev–Trinajstić information content (AvgIpc) is 1.95. The maximum Gasteiger partial charge on any atom is 0.118 e. The van der Waals surface area contributed by atoms with Gasteiger partial charge in [0.1, 0.15) is 11.5 Å². The SMILES string of the molecule is C#CCN1CC[S+]([O-])CC1. The van der Waals surface area contributed by atoms with Crippen molar-refractivity contribution in [1.82, 2.24) is 4.90 Å². The molecule has 0 aromatic heterocycles. The van der Waals surface area contributed by atoms with Crippen molar-refractivity contribution in [2.75, 3.05) is 31.1 Å². The van der Waals surface area contributed by atoms with Crippen LogP contribution in [0.4, 0.5) is 0 Å². The fourth-order valence-electron chi connectivity index (χ4n) is 0.963. The summed E-state index contributed by atoms with van der Waals surface area (Å²) >= 11 is -0.575. The lowest BCUT2D eigenvalue weighted by Gasteiger charge is -2.25. The Balaban J connectivity index is 2.21. The Labute approximate surface area is 64.8 Å². The average molecular weight is 157 g/mol. The van der Waals surface area contributed by atoms with Crippen LogP contribution in [-0.4, -0.2) is 40.6 Å². The molecule has 0 bridgehead atoms. The number of nitrogens with zero attached hydrogens (tertiary/aromatic N) is 1. The van der Waals surface area contributed by atoms with Crippen LogP contribution < -0.4 is 0 Å². The zero-order chi connectivity index (χ0) is 7.40. The van der Waals surface area contributed by atoms with Crippen LogP contribution in [0.25, 0.3) is 0 Å².